The fraction of sp³-hybridized carbons (Fsp3) is 0.333. The first-order valence-corrected chi connectivity index (χ1v) is 8.82. The van der Waals surface area contributed by atoms with Gasteiger partial charge in [0.15, 0.2) is 0 Å². The standard InChI is InChI=1S/C18H19N3O2S/c1-23-11-13-8-20(10-15-7-19-12-21(15)9-13)18(22)17-6-14-4-2-3-5-16(14)24-17/h2-7,12-13H,8-11H2,1H3/t13-/m0/s1. The predicted octanol–water partition coefficient (Wildman–Crippen LogP) is 3.02. The molecule has 3 heterocycles. The molecular formula is C18H19N3O2S. The van der Waals surface area contributed by atoms with Crippen molar-refractivity contribution in [2.45, 2.75) is 13.1 Å². The maximum absolute atomic E-state index is 13.1. The molecule has 1 aromatic carbocycles. The van der Waals surface area contributed by atoms with Crippen molar-refractivity contribution in [2.24, 2.45) is 5.92 Å². The first kappa shape index (κ1) is 15.4. The molecule has 1 aliphatic rings. The lowest BCUT2D eigenvalue weighted by Gasteiger charge is -2.23. The molecule has 0 spiro atoms. The van der Waals surface area contributed by atoms with Crippen molar-refractivity contribution < 1.29 is 9.53 Å². The molecule has 0 aliphatic carbocycles. The normalized spacial score (nSPS) is 17.7. The Morgan fingerprint density at radius 1 is 1.38 bits per heavy atom. The molecule has 0 bridgehead atoms. The summed E-state index contributed by atoms with van der Waals surface area (Å²) >= 11 is 1.56. The van der Waals surface area contributed by atoms with E-state index in [0.29, 0.717) is 19.7 Å². The molecule has 0 radical (unpaired) electrons. The Hall–Kier alpha value is -2.18. The van der Waals surface area contributed by atoms with Gasteiger partial charge in [0.05, 0.1) is 30.1 Å². The van der Waals surface area contributed by atoms with Crippen molar-refractivity contribution in [1.82, 2.24) is 14.5 Å². The summed E-state index contributed by atoms with van der Waals surface area (Å²) in [4.78, 5) is 20.0. The van der Waals surface area contributed by atoms with Gasteiger partial charge in [-0.2, -0.15) is 0 Å². The second-order valence-corrected chi connectivity index (χ2v) is 7.28. The van der Waals surface area contributed by atoms with E-state index in [4.69, 9.17) is 4.74 Å². The zero-order valence-electron chi connectivity index (χ0n) is 13.5. The lowest BCUT2D eigenvalue weighted by molar-refractivity contribution is 0.0672. The van der Waals surface area contributed by atoms with Crippen LogP contribution >= 0.6 is 11.3 Å². The second-order valence-electron chi connectivity index (χ2n) is 6.19. The van der Waals surface area contributed by atoms with Crippen LogP contribution in [0.3, 0.4) is 0 Å². The number of rotatable bonds is 3. The van der Waals surface area contributed by atoms with Crippen LogP contribution in [0.15, 0.2) is 42.9 Å². The third-order valence-electron chi connectivity index (χ3n) is 4.41. The van der Waals surface area contributed by atoms with E-state index in [1.54, 1.807) is 18.4 Å². The summed E-state index contributed by atoms with van der Waals surface area (Å²) in [5.74, 6) is 0.357. The van der Waals surface area contributed by atoms with E-state index in [-0.39, 0.29) is 11.8 Å². The van der Waals surface area contributed by atoms with E-state index in [1.807, 2.05) is 41.7 Å². The first-order valence-electron chi connectivity index (χ1n) is 8.00. The first-order chi connectivity index (χ1) is 11.7. The number of thiophene rings is 1. The van der Waals surface area contributed by atoms with E-state index >= 15 is 0 Å². The number of fused-ring (bicyclic) bond motifs is 2. The summed E-state index contributed by atoms with van der Waals surface area (Å²) in [6.07, 6.45) is 3.69. The quantitative estimate of drug-likeness (QED) is 0.736. The number of imidazole rings is 1. The van der Waals surface area contributed by atoms with E-state index < -0.39 is 0 Å². The third-order valence-corrected chi connectivity index (χ3v) is 5.51. The van der Waals surface area contributed by atoms with Crippen LogP contribution in [0.1, 0.15) is 15.4 Å². The highest BCUT2D eigenvalue weighted by Crippen LogP contribution is 2.28. The summed E-state index contributed by atoms with van der Waals surface area (Å²) in [7, 11) is 1.71. The number of carbonyl (C=O) groups excluding carboxylic acids is 1. The molecule has 0 unspecified atom stereocenters. The van der Waals surface area contributed by atoms with Gasteiger partial charge in [0.25, 0.3) is 5.91 Å². The molecule has 24 heavy (non-hydrogen) atoms. The molecule has 124 valence electrons. The number of benzene rings is 1. The zero-order valence-corrected chi connectivity index (χ0v) is 14.3. The molecule has 1 aliphatic heterocycles. The van der Waals surface area contributed by atoms with Gasteiger partial charge in [0.2, 0.25) is 0 Å². The molecule has 3 aromatic rings. The van der Waals surface area contributed by atoms with E-state index in [0.717, 1.165) is 27.2 Å². The highest BCUT2D eigenvalue weighted by Gasteiger charge is 2.26. The van der Waals surface area contributed by atoms with Gasteiger partial charge < -0.3 is 14.2 Å². The van der Waals surface area contributed by atoms with Crippen molar-refractivity contribution in [2.75, 3.05) is 20.3 Å². The Morgan fingerprint density at radius 2 is 2.25 bits per heavy atom. The van der Waals surface area contributed by atoms with E-state index in [2.05, 4.69) is 15.6 Å². The lowest BCUT2D eigenvalue weighted by Crippen LogP contribution is -2.34. The van der Waals surface area contributed by atoms with Gasteiger partial charge in [-0.15, -0.1) is 11.3 Å². The molecule has 0 saturated heterocycles. The minimum Gasteiger partial charge on any atom is -0.384 e. The Labute approximate surface area is 144 Å². The number of hydrogen-bond donors (Lipinski definition) is 0. The Kier molecular flexibility index (Phi) is 4.08. The van der Waals surface area contributed by atoms with Crippen LogP contribution < -0.4 is 0 Å². The SMILES string of the molecule is COC[C@H]1CN(C(=O)c2cc3ccccc3s2)Cc2cncn2C1. The van der Waals surface area contributed by atoms with Crippen molar-refractivity contribution in [1.29, 1.82) is 0 Å². The molecule has 1 atom stereocenters. The van der Waals surface area contributed by atoms with Crippen molar-refractivity contribution in [3.05, 3.63) is 53.4 Å². The molecule has 2 aromatic heterocycles. The number of ether oxygens (including phenoxy) is 1. The number of methoxy groups -OCH3 is 1. The van der Waals surface area contributed by atoms with Crippen molar-refractivity contribution in [3.63, 3.8) is 0 Å². The van der Waals surface area contributed by atoms with Crippen LogP contribution in [0.25, 0.3) is 10.1 Å². The van der Waals surface area contributed by atoms with Gasteiger partial charge >= 0.3 is 0 Å². The summed E-state index contributed by atoms with van der Waals surface area (Å²) in [6, 6.07) is 10.1. The molecule has 6 heteroatoms. The third kappa shape index (κ3) is 2.83. The molecule has 1 amide bonds. The van der Waals surface area contributed by atoms with Crippen LogP contribution in [-0.2, 0) is 17.8 Å². The summed E-state index contributed by atoms with van der Waals surface area (Å²) in [5, 5.41) is 1.12. The van der Waals surface area contributed by atoms with Gasteiger partial charge in [0, 0.05) is 37.0 Å². The molecule has 4 rings (SSSR count). The largest absolute Gasteiger partial charge is 0.384 e. The average Bonchev–Trinajstić information content (AvgIpc) is 3.17. The van der Waals surface area contributed by atoms with Crippen molar-refractivity contribution >= 4 is 27.3 Å². The van der Waals surface area contributed by atoms with Crippen LogP contribution in [0, 0.1) is 5.92 Å². The smallest absolute Gasteiger partial charge is 0.264 e. The number of carbonyl (C=O) groups is 1. The topological polar surface area (TPSA) is 47.4 Å². The van der Waals surface area contributed by atoms with Gasteiger partial charge in [-0.05, 0) is 17.5 Å². The summed E-state index contributed by atoms with van der Waals surface area (Å²) in [6.45, 7) is 2.75. The highest BCUT2D eigenvalue weighted by atomic mass is 32.1. The predicted molar refractivity (Wildman–Crippen MR) is 94.2 cm³/mol. The fourth-order valence-corrected chi connectivity index (χ4v) is 4.32. The fourth-order valence-electron chi connectivity index (χ4n) is 3.29. The summed E-state index contributed by atoms with van der Waals surface area (Å²) < 4.78 is 8.62. The van der Waals surface area contributed by atoms with Gasteiger partial charge in [-0.25, -0.2) is 4.98 Å². The number of hydrogen-bond acceptors (Lipinski definition) is 4. The number of aromatic nitrogens is 2. The molecule has 0 fully saturated rings. The second kappa shape index (κ2) is 6.37. The van der Waals surface area contributed by atoms with Crippen LogP contribution in [0.4, 0.5) is 0 Å². The van der Waals surface area contributed by atoms with Crippen LogP contribution in [0.2, 0.25) is 0 Å². The van der Waals surface area contributed by atoms with Gasteiger partial charge in [-0.1, -0.05) is 18.2 Å². The van der Waals surface area contributed by atoms with Crippen LogP contribution in [-0.4, -0.2) is 40.6 Å². The monoisotopic (exact) mass is 341 g/mol. The van der Waals surface area contributed by atoms with Crippen LogP contribution in [0.5, 0.6) is 0 Å². The minimum atomic E-state index is 0.0898. The molecular weight excluding hydrogens is 322 g/mol. The maximum Gasteiger partial charge on any atom is 0.264 e. The average molecular weight is 341 g/mol. The molecule has 0 N–H and O–H groups in total. The Balaban J connectivity index is 1.64. The highest BCUT2D eigenvalue weighted by molar-refractivity contribution is 7.20. The van der Waals surface area contributed by atoms with Gasteiger partial charge in [-0.3, -0.25) is 4.79 Å². The van der Waals surface area contributed by atoms with Crippen molar-refractivity contribution in [3.8, 4) is 0 Å². The number of nitrogens with zero attached hydrogens (tertiary/aromatic N) is 3. The number of amides is 1. The van der Waals surface area contributed by atoms with Gasteiger partial charge in [0.1, 0.15) is 0 Å². The minimum absolute atomic E-state index is 0.0898. The Bertz CT molecular complexity index is 837. The summed E-state index contributed by atoms with van der Waals surface area (Å²) in [5.41, 5.74) is 1.07. The molecule has 5 nitrogen and oxygen atoms in total. The maximum atomic E-state index is 13.1. The lowest BCUT2D eigenvalue weighted by atomic mass is 10.1. The molecule has 0 saturated carbocycles. The van der Waals surface area contributed by atoms with E-state index in [1.165, 1.54) is 0 Å². The zero-order chi connectivity index (χ0) is 16.5. The Morgan fingerprint density at radius 3 is 3.08 bits per heavy atom. The van der Waals surface area contributed by atoms with E-state index in [9.17, 15) is 4.79 Å².